The second-order valence-electron chi connectivity index (χ2n) is 5.57. The van der Waals surface area contributed by atoms with Gasteiger partial charge in [-0.3, -0.25) is 0 Å². The Labute approximate surface area is 134 Å². The molecule has 0 bridgehead atoms. The normalized spacial score (nSPS) is 18.3. The Morgan fingerprint density at radius 2 is 2.05 bits per heavy atom. The summed E-state index contributed by atoms with van der Waals surface area (Å²) in [5.74, 6) is 0.941. The van der Waals surface area contributed by atoms with E-state index in [0.717, 1.165) is 23.1 Å². The average Bonchev–Trinajstić information content (AvgIpc) is 2.90. The summed E-state index contributed by atoms with van der Waals surface area (Å²) < 4.78 is 6.52. The first-order chi connectivity index (χ1) is 10.2. The van der Waals surface area contributed by atoms with E-state index in [1.165, 1.54) is 16.7 Å². The zero-order valence-corrected chi connectivity index (χ0v) is 14.0. The lowest BCUT2D eigenvalue weighted by molar-refractivity contribution is 0.412. The summed E-state index contributed by atoms with van der Waals surface area (Å²) in [7, 11) is 1.73. The molecule has 2 nitrogen and oxygen atoms in total. The Morgan fingerprint density at radius 3 is 2.81 bits per heavy atom. The second kappa shape index (κ2) is 6.20. The van der Waals surface area contributed by atoms with Crippen LogP contribution in [0.2, 0.25) is 0 Å². The first-order valence-electron chi connectivity index (χ1n) is 7.36. The predicted octanol–water partition coefficient (Wildman–Crippen LogP) is 4.80. The standard InChI is InChI=1S/C18H20BrNO/c1-12(15-5-3-4-6-17(15)19)20-18-10-8-13-7-9-14(21-2)11-16(13)18/h3-7,9,11-12,18,20H,8,10H2,1-2H3. The summed E-state index contributed by atoms with van der Waals surface area (Å²) in [4.78, 5) is 0. The third-order valence-corrected chi connectivity index (χ3v) is 4.98. The van der Waals surface area contributed by atoms with Gasteiger partial charge in [-0.05, 0) is 54.7 Å². The Bertz CT molecular complexity index is 641. The minimum Gasteiger partial charge on any atom is -0.497 e. The summed E-state index contributed by atoms with van der Waals surface area (Å²) in [6.45, 7) is 2.22. The molecule has 2 aromatic rings. The third-order valence-electron chi connectivity index (χ3n) is 4.25. The molecule has 0 amide bonds. The zero-order chi connectivity index (χ0) is 14.8. The highest BCUT2D eigenvalue weighted by Crippen LogP contribution is 2.36. The number of fused-ring (bicyclic) bond motifs is 1. The lowest BCUT2D eigenvalue weighted by atomic mass is 10.0. The molecule has 2 aromatic carbocycles. The van der Waals surface area contributed by atoms with Crippen molar-refractivity contribution in [3.63, 3.8) is 0 Å². The summed E-state index contributed by atoms with van der Waals surface area (Å²) in [6, 6.07) is 15.5. The second-order valence-corrected chi connectivity index (χ2v) is 6.42. The van der Waals surface area contributed by atoms with Crippen LogP contribution in [-0.4, -0.2) is 7.11 Å². The molecule has 0 heterocycles. The van der Waals surface area contributed by atoms with Crippen LogP contribution in [0.5, 0.6) is 5.75 Å². The number of methoxy groups -OCH3 is 1. The highest BCUT2D eigenvalue weighted by atomic mass is 79.9. The fourth-order valence-electron chi connectivity index (χ4n) is 3.10. The molecule has 2 unspecified atom stereocenters. The molecule has 0 aromatic heterocycles. The lowest BCUT2D eigenvalue weighted by Crippen LogP contribution is -2.23. The van der Waals surface area contributed by atoms with Gasteiger partial charge >= 0.3 is 0 Å². The minimum atomic E-state index is 0.308. The SMILES string of the molecule is COc1ccc2c(c1)C(NC(C)c1ccccc1Br)CC2. The molecule has 0 radical (unpaired) electrons. The molecule has 110 valence electrons. The molecule has 0 saturated carbocycles. The van der Waals surface area contributed by atoms with E-state index in [1.807, 2.05) is 0 Å². The van der Waals surface area contributed by atoms with Gasteiger partial charge in [0.05, 0.1) is 7.11 Å². The fraction of sp³-hybridized carbons (Fsp3) is 0.333. The number of aryl methyl sites for hydroxylation is 1. The highest BCUT2D eigenvalue weighted by Gasteiger charge is 2.24. The van der Waals surface area contributed by atoms with E-state index in [0.29, 0.717) is 12.1 Å². The Kier molecular flexibility index (Phi) is 4.32. The predicted molar refractivity (Wildman–Crippen MR) is 89.7 cm³/mol. The van der Waals surface area contributed by atoms with Crippen molar-refractivity contribution < 1.29 is 4.74 Å². The molecule has 1 aliphatic carbocycles. The van der Waals surface area contributed by atoms with E-state index >= 15 is 0 Å². The quantitative estimate of drug-likeness (QED) is 0.859. The number of halogens is 1. The van der Waals surface area contributed by atoms with E-state index in [-0.39, 0.29) is 0 Å². The summed E-state index contributed by atoms with van der Waals surface area (Å²) >= 11 is 3.64. The molecule has 3 heteroatoms. The smallest absolute Gasteiger partial charge is 0.119 e. The van der Waals surface area contributed by atoms with E-state index in [1.54, 1.807) is 7.11 Å². The number of nitrogens with one attached hydrogen (secondary N) is 1. The Hall–Kier alpha value is -1.32. The van der Waals surface area contributed by atoms with E-state index in [9.17, 15) is 0 Å². The minimum absolute atomic E-state index is 0.308. The summed E-state index contributed by atoms with van der Waals surface area (Å²) in [6.07, 6.45) is 2.29. The maximum atomic E-state index is 5.36. The summed E-state index contributed by atoms with van der Waals surface area (Å²) in [5.41, 5.74) is 4.12. The number of hydrogen-bond donors (Lipinski definition) is 1. The van der Waals surface area contributed by atoms with Gasteiger partial charge in [0.15, 0.2) is 0 Å². The molecule has 0 aliphatic heterocycles. The number of rotatable bonds is 4. The van der Waals surface area contributed by atoms with Crippen LogP contribution in [0.25, 0.3) is 0 Å². The maximum Gasteiger partial charge on any atom is 0.119 e. The van der Waals surface area contributed by atoms with Crippen LogP contribution < -0.4 is 10.1 Å². The molecule has 0 fully saturated rings. The third kappa shape index (κ3) is 2.99. The average molecular weight is 346 g/mol. The zero-order valence-electron chi connectivity index (χ0n) is 12.4. The fourth-order valence-corrected chi connectivity index (χ4v) is 3.73. The molecule has 2 atom stereocenters. The molecular formula is C18H20BrNO. The number of benzene rings is 2. The van der Waals surface area contributed by atoms with Crippen LogP contribution in [0.3, 0.4) is 0 Å². The van der Waals surface area contributed by atoms with Crippen molar-refractivity contribution in [3.05, 3.63) is 63.6 Å². The van der Waals surface area contributed by atoms with Crippen LogP contribution in [-0.2, 0) is 6.42 Å². The van der Waals surface area contributed by atoms with Gasteiger partial charge < -0.3 is 10.1 Å². The van der Waals surface area contributed by atoms with Crippen LogP contribution in [0.4, 0.5) is 0 Å². The van der Waals surface area contributed by atoms with Crippen LogP contribution in [0, 0.1) is 0 Å². The highest BCUT2D eigenvalue weighted by molar-refractivity contribution is 9.10. The molecule has 1 N–H and O–H groups in total. The largest absolute Gasteiger partial charge is 0.497 e. The van der Waals surface area contributed by atoms with Gasteiger partial charge in [0.25, 0.3) is 0 Å². The Balaban J connectivity index is 1.80. The van der Waals surface area contributed by atoms with E-state index < -0.39 is 0 Å². The van der Waals surface area contributed by atoms with Crippen molar-refractivity contribution >= 4 is 15.9 Å². The van der Waals surface area contributed by atoms with Gasteiger partial charge in [-0.15, -0.1) is 0 Å². The van der Waals surface area contributed by atoms with Crippen molar-refractivity contribution in [3.8, 4) is 5.75 Å². The molecule has 1 aliphatic rings. The number of hydrogen-bond acceptors (Lipinski definition) is 2. The van der Waals surface area contributed by atoms with E-state index in [4.69, 9.17) is 4.74 Å². The van der Waals surface area contributed by atoms with Gasteiger partial charge in [0, 0.05) is 16.6 Å². The van der Waals surface area contributed by atoms with Crippen LogP contribution in [0.1, 0.15) is 42.1 Å². The molecule has 3 rings (SSSR count). The van der Waals surface area contributed by atoms with Crippen molar-refractivity contribution in [1.82, 2.24) is 5.32 Å². The van der Waals surface area contributed by atoms with Gasteiger partial charge in [-0.2, -0.15) is 0 Å². The monoisotopic (exact) mass is 345 g/mol. The van der Waals surface area contributed by atoms with Gasteiger partial charge in [0.2, 0.25) is 0 Å². The molecular weight excluding hydrogens is 326 g/mol. The van der Waals surface area contributed by atoms with Gasteiger partial charge in [-0.1, -0.05) is 40.2 Å². The topological polar surface area (TPSA) is 21.3 Å². The molecule has 0 spiro atoms. The van der Waals surface area contributed by atoms with Crippen molar-refractivity contribution in [2.45, 2.75) is 31.8 Å². The van der Waals surface area contributed by atoms with Gasteiger partial charge in [-0.25, -0.2) is 0 Å². The maximum absolute atomic E-state index is 5.36. The van der Waals surface area contributed by atoms with Crippen molar-refractivity contribution in [2.24, 2.45) is 0 Å². The Morgan fingerprint density at radius 1 is 1.24 bits per heavy atom. The van der Waals surface area contributed by atoms with Crippen molar-refractivity contribution in [2.75, 3.05) is 7.11 Å². The van der Waals surface area contributed by atoms with E-state index in [2.05, 4.69) is 70.6 Å². The van der Waals surface area contributed by atoms with Crippen LogP contribution in [0.15, 0.2) is 46.9 Å². The number of ether oxygens (including phenoxy) is 1. The molecule has 0 saturated heterocycles. The molecule has 21 heavy (non-hydrogen) atoms. The first kappa shape index (κ1) is 14.6. The van der Waals surface area contributed by atoms with Crippen LogP contribution >= 0.6 is 15.9 Å². The summed E-state index contributed by atoms with van der Waals surface area (Å²) in [5, 5.41) is 3.76. The van der Waals surface area contributed by atoms with Crippen molar-refractivity contribution in [1.29, 1.82) is 0 Å². The lowest BCUT2D eigenvalue weighted by Gasteiger charge is -2.22. The van der Waals surface area contributed by atoms with Gasteiger partial charge in [0.1, 0.15) is 5.75 Å². The first-order valence-corrected chi connectivity index (χ1v) is 8.15.